The highest BCUT2D eigenvalue weighted by Gasteiger charge is 2.38. The van der Waals surface area contributed by atoms with Gasteiger partial charge in [-0.25, -0.2) is 9.78 Å². The number of nitrogens with zero attached hydrogens (tertiary/aromatic N) is 6. The molecule has 0 spiro atoms. The van der Waals surface area contributed by atoms with Crippen LogP contribution in [0.5, 0.6) is 0 Å². The molecule has 0 aliphatic carbocycles. The van der Waals surface area contributed by atoms with Crippen LogP contribution in [0.15, 0.2) is 36.7 Å². The molecule has 34 heavy (non-hydrogen) atoms. The number of para-hydroxylation sites is 1. The largest absolute Gasteiger partial charge is 0.355 e. The molecule has 0 bridgehead atoms. The van der Waals surface area contributed by atoms with Crippen LogP contribution in [0.2, 0.25) is 0 Å². The summed E-state index contributed by atoms with van der Waals surface area (Å²) < 4.78 is 0. The van der Waals surface area contributed by atoms with E-state index in [9.17, 15) is 4.79 Å². The number of hydrogen-bond donors (Lipinski definition) is 0. The average Bonchev–Trinajstić information content (AvgIpc) is 2.85. The van der Waals surface area contributed by atoms with Crippen LogP contribution in [0.3, 0.4) is 0 Å². The highest BCUT2D eigenvalue weighted by molar-refractivity contribution is 5.93. The number of anilines is 2. The van der Waals surface area contributed by atoms with E-state index in [4.69, 9.17) is 0 Å². The lowest BCUT2D eigenvalue weighted by molar-refractivity contribution is 0.159. The van der Waals surface area contributed by atoms with Crippen molar-refractivity contribution in [1.82, 2.24) is 19.8 Å². The summed E-state index contributed by atoms with van der Waals surface area (Å²) in [6, 6.07) is 9.16. The molecule has 184 valence electrons. The van der Waals surface area contributed by atoms with E-state index in [0.29, 0.717) is 6.04 Å². The van der Waals surface area contributed by atoms with Crippen LogP contribution in [0.25, 0.3) is 0 Å². The third kappa shape index (κ3) is 5.04. The molecule has 4 rings (SSSR count). The molecule has 7 nitrogen and oxygen atoms in total. The van der Waals surface area contributed by atoms with Gasteiger partial charge in [-0.15, -0.1) is 0 Å². The van der Waals surface area contributed by atoms with Gasteiger partial charge in [0.1, 0.15) is 5.82 Å². The quantitative estimate of drug-likeness (QED) is 0.637. The molecule has 2 amide bonds. The Bertz CT molecular complexity index is 987. The van der Waals surface area contributed by atoms with Crippen LogP contribution >= 0.6 is 0 Å². The zero-order valence-corrected chi connectivity index (χ0v) is 21.5. The summed E-state index contributed by atoms with van der Waals surface area (Å²) in [4.78, 5) is 30.4. The van der Waals surface area contributed by atoms with E-state index >= 15 is 0 Å². The van der Waals surface area contributed by atoms with E-state index in [1.54, 1.807) is 4.90 Å². The molecule has 3 heterocycles. The third-order valence-electron chi connectivity index (χ3n) is 7.75. The molecule has 1 unspecified atom stereocenters. The van der Waals surface area contributed by atoms with Gasteiger partial charge in [0.25, 0.3) is 0 Å². The molecule has 2 aliphatic heterocycles. The Morgan fingerprint density at radius 1 is 1.15 bits per heavy atom. The number of urea groups is 1. The highest BCUT2D eigenvalue weighted by atomic mass is 16.2. The van der Waals surface area contributed by atoms with Crippen LogP contribution in [0, 0.1) is 6.92 Å². The molecule has 2 aromatic rings. The normalized spacial score (nSPS) is 21.0. The Hall–Kier alpha value is -2.67. The second kappa shape index (κ2) is 10.3. The lowest BCUT2D eigenvalue weighted by Crippen LogP contribution is -2.48. The highest BCUT2D eigenvalue weighted by Crippen LogP contribution is 2.42. The Labute approximate surface area is 204 Å². The first-order valence-corrected chi connectivity index (χ1v) is 12.7. The predicted octanol–water partition coefficient (Wildman–Crippen LogP) is 4.32. The predicted molar refractivity (Wildman–Crippen MR) is 139 cm³/mol. The average molecular weight is 465 g/mol. The molecular formula is C27H40N6O. The maximum atomic E-state index is 12.8. The molecule has 7 heteroatoms. The Morgan fingerprint density at radius 2 is 1.88 bits per heavy atom. The number of fused-ring (bicyclic) bond motifs is 1. The first-order chi connectivity index (χ1) is 16.3. The third-order valence-corrected chi connectivity index (χ3v) is 7.75. The maximum absolute atomic E-state index is 12.8. The van der Waals surface area contributed by atoms with Gasteiger partial charge >= 0.3 is 6.03 Å². The summed E-state index contributed by atoms with van der Waals surface area (Å²) >= 11 is 0. The van der Waals surface area contributed by atoms with Gasteiger partial charge < -0.3 is 14.7 Å². The van der Waals surface area contributed by atoms with Gasteiger partial charge in [-0.05, 0) is 62.7 Å². The summed E-state index contributed by atoms with van der Waals surface area (Å²) in [5.74, 6) is 1.00. The zero-order chi connectivity index (χ0) is 24.3. The Morgan fingerprint density at radius 3 is 2.56 bits per heavy atom. The van der Waals surface area contributed by atoms with Gasteiger partial charge in [-0.1, -0.05) is 32.0 Å². The number of benzene rings is 1. The topological polar surface area (TPSA) is 55.8 Å². The van der Waals surface area contributed by atoms with E-state index in [1.807, 2.05) is 44.4 Å². The van der Waals surface area contributed by atoms with E-state index < -0.39 is 0 Å². The first-order valence-electron chi connectivity index (χ1n) is 12.7. The smallest absolute Gasteiger partial charge is 0.323 e. The molecule has 1 aromatic carbocycles. The minimum absolute atomic E-state index is 0.0646. The molecule has 1 fully saturated rings. The molecule has 2 aliphatic rings. The van der Waals surface area contributed by atoms with Crippen LogP contribution in [0.1, 0.15) is 50.8 Å². The molecule has 0 radical (unpaired) electrons. The number of piperidine rings is 1. The number of carbonyl (C=O) groups is 1. The fraction of sp³-hybridized carbons (Fsp3) is 0.593. The summed E-state index contributed by atoms with van der Waals surface area (Å²) in [5.41, 5.74) is 3.43. The van der Waals surface area contributed by atoms with Crippen molar-refractivity contribution >= 4 is 17.5 Å². The fourth-order valence-electron chi connectivity index (χ4n) is 5.58. The number of aryl methyl sites for hydroxylation is 1. The summed E-state index contributed by atoms with van der Waals surface area (Å²) in [7, 11) is 3.66. The number of aromatic nitrogens is 2. The Kier molecular flexibility index (Phi) is 7.41. The molecule has 1 saturated heterocycles. The standard InChI is InChI=1S/C27H40N6O/c1-6-31(22-11-15-32(16-12-22)25-20-28-19-21(2)29-25)17-13-27(3)14-18-33(26(34)30(4)5)24-10-8-7-9-23(24)27/h7-10,19-20,22H,6,11-18H2,1-5H3. The SMILES string of the molecule is CCN(CCC1(C)CCN(C(=O)N(C)C)c2ccccc21)C1CCN(c2cncc(C)n2)CC1. The van der Waals surface area contributed by atoms with Gasteiger partial charge in [0.15, 0.2) is 0 Å². The lowest BCUT2D eigenvalue weighted by atomic mass is 9.73. The van der Waals surface area contributed by atoms with E-state index in [-0.39, 0.29) is 11.4 Å². The van der Waals surface area contributed by atoms with Gasteiger partial charge in [0.05, 0.1) is 11.9 Å². The van der Waals surface area contributed by atoms with Crippen molar-refractivity contribution in [3.63, 3.8) is 0 Å². The van der Waals surface area contributed by atoms with Crippen LogP contribution in [0.4, 0.5) is 16.3 Å². The van der Waals surface area contributed by atoms with Crippen LogP contribution in [-0.4, -0.2) is 78.7 Å². The number of carbonyl (C=O) groups excluding carboxylic acids is 1. The number of rotatable bonds is 6. The Balaban J connectivity index is 1.40. The van der Waals surface area contributed by atoms with Crippen molar-refractivity contribution in [2.75, 3.05) is 56.6 Å². The monoisotopic (exact) mass is 464 g/mol. The van der Waals surface area contributed by atoms with Gasteiger partial charge in [-0.2, -0.15) is 0 Å². The van der Waals surface area contributed by atoms with Gasteiger partial charge in [0.2, 0.25) is 0 Å². The van der Waals surface area contributed by atoms with Gasteiger partial charge in [0, 0.05) is 51.7 Å². The minimum Gasteiger partial charge on any atom is -0.355 e. The van der Waals surface area contributed by atoms with Crippen LogP contribution < -0.4 is 9.80 Å². The number of hydrogen-bond acceptors (Lipinski definition) is 5. The van der Waals surface area contributed by atoms with Crippen LogP contribution in [-0.2, 0) is 5.41 Å². The summed E-state index contributed by atoms with van der Waals surface area (Å²) in [5, 5.41) is 0. The number of amides is 2. The van der Waals surface area contributed by atoms with Crippen molar-refractivity contribution in [2.24, 2.45) is 0 Å². The molecule has 1 aromatic heterocycles. The molecule has 1 atom stereocenters. The van der Waals surface area contributed by atoms with Gasteiger partial charge in [-0.3, -0.25) is 9.88 Å². The molecular weight excluding hydrogens is 424 g/mol. The summed E-state index contributed by atoms with van der Waals surface area (Å²) in [6.07, 6.45) is 8.10. The maximum Gasteiger partial charge on any atom is 0.323 e. The fourth-order valence-corrected chi connectivity index (χ4v) is 5.58. The lowest BCUT2D eigenvalue weighted by Gasteiger charge is -2.44. The summed E-state index contributed by atoms with van der Waals surface area (Å²) in [6.45, 7) is 11.6. The van der Waals surface area contributed by atoms with Crippen molar-refractivity contribution < 1.29 is 4.79 Å². The molecule has 0 N–H and O–H groups in total. The first kappa shape index (κ1) is 24.5. The van der Waals surface area contributed by atoms with Crippen molar-refractivity contribution in [2.45, 2.75) is 57.9 Å². The van der Waals surface area contributed by atoms with Crippen molar-refractivity contribution in [3.05, 3.63) is 47.9 Å². The van der Waals surface area contributed by atoms with Crippen molar-refractivity contribution in [3.8, 4) is 0 Å². The zero-order valence-electron chi connectivity index (χ0n) is 21.5. The second-order valence-corrected chi connectivity index (χ2v) is 10.3. The van der Waals surface area contributed by atoms with Crippen molar-refractivity contribution in [1.29, 1.82) is 0 Å². The van der Waals surface area contributed by atoms with E-state index in [1.165, 1.54) is 5.56 Å². The molecule has 0 saturated carbocycles. The van der Waals surface area contributed by atoms with E-state index in [2.05, 4.69) is 51.8 Å². The minimum atomic E-state index is 0.0646. The van der Waals surface area contributed by atoms with E-state index in [0.717, 1.165) is 75.6 Å². The second-order valence-electron chi connectivity index (χ2n) is 10.3.